The fourth-order valence-corrected chi connectivity index (χ4v) is 3.64. The molecule has 1 aliphatic heterocycles. The van der Waals surface area contributed by atoms with Crippen LogP contribution in [0.25, 0.3) is 10.8 Å². The minimum atomic E-state index is -0.436. The summed E-state index contributed by atoms with van der Waals surface area (Å²) in [5.41, 5.74) is 4.27. The first-order chi connectivity index (χ1) is 14.7. The van der Waals surface area contributed by atoms with Gasteiger partial charge in [-0.05, 0) is 42.0 Å². The zero-order valence-electron chi connectivity index (χ0n) is 16.7. The molecule has 0 unspecified atom stereocenters. The summed E-state index contributed by atoms with van der Waals surface area (Å²) < 4.78 is 5.43. The number of hydrogen-bond acceptors (Lipinski definition) is 4. The van der Waals surface area contributed by atoms with Gasteiger partial charge >= 0.3 is 0 Å². The summed E-state index contributed by atoms with van der Waals surface area (Å²) in [5, 5.41) is 6.30. The number of hydrazone groups is 1. The maximum absolute atomic E-state index is 12.5. The van der Waals surface area contributed by atoms with Gasteiger partial charge in [0.25, 0.3) is 0 Å². The minimum absolute atomic E-state index is 0.0719. The van der Waals surface area contributed by atoms with Gasteiger partial charge in [-0.3, -0.25) is 9.59 Å². The first kappa shape index (κ1) is 19.6. The van der Waals surface area contributed by atoms with Crippen LogP contribution < -0.4 is 15.1 Å². The quantitative estimate of drug-likeness (QED) is 0.505. The number of nitrogens with one attached hydrogen (secondary N) is 1. The number of carbonyl (C=O) groups excluding carboxylic acids is 2. The van der Waals surface area contributed by atoms with Crippen LogP contribution in [-0.4, -0.2) is 31.2 Å². The number of fused-ring (bicyclic) bond motifs is 1. The van der Waals surface area contributed by atoms with Gasteiger partial charge in [-0.25, -0.2) is 5.43 Å². The molecular formula is C24H23N3O3. The highest BCUT2D eigenvalue weighted by atomic mass is 16.5. The van der Waals surface area contributed by atoms with E-state index in [1.807, 2.05) is 73.7 Å². The lowest BCUT2D eigenvalue weighted by Crippen LogP contribution is -2.30. The topological polar surface area (TPSA) is 71.0 Å². The number of amides is 2. The van der Waals surface area contributed by atoms with Crippen molar-refractivity contribution >= 4 is 34.5 Å². The van der Waals surface area contributed by atoms with Crippen molar-refractivity contribution in [3.8, 4) is 5.75 Å². The van der Waals surface area contributed by atoms with E-state index in [9.17, 15) is 9.59 Å². The third-order valence-electron chi connectivity index (χ3n) is 5.16. The van der Waals surface area contributed by atoms with Crippen molar-refractivity contribution in [1.82, 2.24) is 5.43 Å². The SMILES string of the molecule is CCOc1ccc(N2C[C@@H](C(=O)N/N=C\c3cccc4ccccc34)CC2=O)cc1. The fourth-order valence-electron chi connectivity index (χ4n) is 3.64. The first-order valence-corrected chi connectivity index (χ1v) is 9.99. The van der Waals surface area contributed by atoms with Crippen molar-refractivity contribution in [2.75, 3.05) is 18.1 Å². The number of hydrogen-bond donors (Lipinski definition) is 1. The van der Waals surface area contributed by atoms with Gasteiger partial charge in [0.15, 0.2) is 0 Å². The molecule has 1 atom stereocenters. The average molecular weight is 401 g/mol. The molecule has 1 N–H and O–H groups in total. The second-order valence-corrected chi connectivity index (χ2v) is 7.13. The van der Waals surface area contributed by atoms with E-state index >= 15 is 0 Å². The molecule has 0 aliphatic carbocycles. The highest BCUT2D eigenvalue weighted by molar-refractivity contribution is 6.01. The Balaban J connectivity index is 1.39. The zero-order chi connectivity index (χ0) is 20.9. The van der Waals surface area contributed by atoms with Gasteiger partial charge in [0, 0.05) is 24.2 Å². The molecule has 1 fully saturated rings. The van der Waals surface area contributed by atoms with E-state index in [1.54, 1.807) is 11.1 Å². The van der Waals surface area contributed by atoms with Crippen LogP contribution in [0.2, 0.25) is 0 Å². The Kier molecular flexibility index (Phi) is 5.75. The second kappa shape index (κ2) is 8.78. The first-order valence-electron chi connectivity index (χ1n) is 9.99. The van der Waals surface area contributed by atoms with Gasteiger partial charge in [-0.2, -0.15) is 5.10 Å². The molecule has 3 aromatic rings. The van der Waals surface area contributed by atoms with Crippen LogP contribution >= 0.6 is 0 Å². The molecule has 4 rings (SSSR count). The summed E-state index contributed by atoms with van der Waals surface area (Å²) in [6.45, 7) is 2.84. The number of benzene rings is 3. The second-order valence-electron chi connectivity index (χ2n) is 7.13. The summed E-state index contributed by atoms with van der Waals surface area (Å²) in [4.78, 5) is 26.6. The van der Waals surface area contributed by atoms with E-state index in [4.69, 9.17) is 4.74 Å². The van der Waals surface area contributed by atoms with Crippen LogP contribution in [-0.2, 0) is 9.59 Å². The molecule has 1 aliphatic rings. The summed E-state index contributed by atoms with van der Waals surface area (Å²) >= 11 is 0. The van der Waals surface area contributed by atoms with Crippen LogP contribution in [0.4, 0.5) is 5.69 Å². The summed E-state index contributed by atoms with van der Waals surface area (Å²) in [5.74, 6) is -0.00989. The molecule has 0 saturated carbocycles. The zero-order valence-corrected chi connectivity index (χ0v) is 16.7. The molecule has 2 amide bonds. The summed E-state index contributed by atoms with van der Waals surface area (Å²) in [6, 6.07) is 21.3. The smallest absolute Gasteiger partial charge is 0.245 e. The van der Waals surface area contributed by atoms with E-state index < -0.39 is 5.92 Å². The third-order valence-corrected chi connectivity index (χ3v) is 5.16. The fraction of sp³-hybridized carbons (Fsp3) is 0.208. The predicted octanol–water partition coefficient (Wildman–Crippen LogP) is 3.74. The van der Waals surface area contributed by atoms with Gasteiger partial charge in [0.05, 0.1) is 18.7 Å². The number of ether oxygens (including phenoxy) is 1. The van der Waals surface area contributed by atoms with Gasteiger partial charge in [0.2, 0.25) is 11.8 Å². The number of nitrogens with zero attached hydrogens (tertiary/aromatic N) is 2. The van der Waals surface area contributed by atoms with E-state index in [0.29, 0.717) is 13.2 Å². The predicted molar refractivity (Wildman–Crippen MR) is 118 cm³/mol. The average Bonchev–Trinajstić information content (AvgIpc) is 3.16. The molecular weight excluding hydrogens is 378 g/mol. The van der Waals surface area contributed by atoms with Crippen LogP contribution in [0.3, 0.4) is 0 Å². The van der Waals surface area contributed by atoms with E-state index in [0.717, 1.165) is 27.8 Å². The molecule has 0 spiro atoms. The van der Waals surface area contributed by atoms with Gasteiger partial charge < -0.3 is 9.64 Å². The standard InChI is InChI=1S/C24H23N3O3/c1-2-30-21-12-10-20(11-13-21)27-16-19(14-23(27)28)24(29)26-25-15-18-8-5-7-17-6-3-4-9-22(17)18/h3-13,15,19H,2,14,16H2,1H3,(H,26,29)/b25-15-/t19-/m0/s1. The molecule has 0 bridgehead atoms. The number of anilines is 1. The maximum atomic E-state index is 12.5. The lowest BCUT2D eigenvalue weighted by molar-refractivity contribution is -0.126. The van der Waals surface area contributed by atoms with Crippen LogP contribution in [0.15, 0.2) is 71.8 Å². The monoisotopic (exact) mass is 401 g/mol. The molecule has 1 heterocycles. The number of rotatable bonds is 6. The molecule has 0 aromatic heterocycles. The molecule has 6 nitrogen and oxygen atoms in total. The Bertz CT molecular complexity index is 1090. The lowest BCUT2D eigenvalue weighted by atomic mass is 10.1. The van der Waals surface area contributed by atoms with Gasteiger partial charge in [-0.1, -0.05) is 42.5 Å². The molecule has 1 saturated heterocycles. The maximum Gasteiger partial charge on any atom is 0.245 e. The Hall–Kier alpha value is -3.67. The van der Waals surface area contributed by atoms with Crippen LogP contribution in [0, 0.1) is 5.92 Å². The Morgan fingerprint density at radius 1 is 1.13 bits per heavy atom. The largest absolute Gasteiger partial charge is 0.494 e. The summed E-state index contributed by atoms with van der Waals surface area (Å²) in [6.07, 6.45) is 1.81. The van der Waals surface area contributed by atoms with Gasteiger partial charge in [0.1, 0.15) is 5.75 Å². The van der Waals surface area contributed by atoms with Crippen LogP contribution in [0.5, 0.6) is 5.75 Å². The lowest BCUT2D eigenvalue weighted by Gasteiger charge is -2.17. The normalized spacial score (nSPS) is 16.4. The molecule has 152 valence electrons. The Labute approximate surface area is 175 Å². The van der Waals surface area contributed by atoms with E-state index in [-0.39, 0.29) is 18.2 Å². The van der Waals surface area contributed by atoms with Gasteiger partial charge in [-0.15, -0.1) is 0 Å². The third kappa shape index (κ3) is 4.17. The van der Waals surface area contributed by atoms with E-state index in [1.165, 1.54) is 0 Å². The molecule has 0 radical (unpaired) electrons. The highest BCUT2D eigenvalue weighted by Gasteiger charge is 2.35. The summed E-state index contributed by atoms with van der Waals surface area (Å²) in [7, 11) is 0. The molecule has 6 heteroatoms. The number of carbonyl (C=O) groups is 2. The molecule has 3 aromatic carbocycles. The van der Waals surface area contributed by atoms with Crippen molar-refractivity contribution in [3.63, 3.8) is 0 Å². The van der Waals surface area contributed by atoms with Crippen molar-refractivity contribution in [1.29, 1.82) is 0 Å². The van der Waals surface area contributed by atoms with Crippen molar-refractivity contribution in [2.45, 2.75) is 13.3 Å². The Morgan fingerprint density at radius 3 is 2.70 bits per heavy atom. The van der Waals surface area contributed by atoms with Crippen molar-refractivity contribution in [2.24, 2.45) is 11.0 Å². The highest BCUT2D eigenvalue weighted by Crippen LogP contribution is 2.27. The van der Waals surface area contributed by atoms with Crippen molar-refractivity contribution < 1.29 is 14.3 Å². The van der Waals surface area contributed by atoms with Crippen LogP contribution in [0.1, 0.15) is 18.9 Å². The Morgan fingerprint density at radius 2 is 1.90 bits per heavy atom. The van der Waals surface area contributed by atoms with Crippen molar-refractivity contribution in [3.05, 3.63) is 72.3 Å². The van der Waals surface area contributed by atoms with E-state index in [2.05, 4.69) is 10.5 Å². The minimum Gasteiger partial charge on any atom is -0.494 e. The molecule has 30 heavy (non-hydrogen) atoms.